The molecular weight excluding hydrogens is 426 g/mol. The number of nitrogens with zero attached hydrogens (tertiary/aromatic N) is 2. The first-order chi connectivity index (χ1) is 15.5. The fourth-order valence-corrected chi connectivity index (χ4v) is 5.73. The zero-order chi connectivity index (χ0) is 21.8. The van der Waals surface area contributed by atoms with Gasteiger partial charge in [-0.2, -0.15) is 5.10 Å². The molecule has 1 atom stereocenters. The number of anilines is 1. The molecule has 2 amide bonds. The Morgan fingerprint density at radius 2 is 1.97 bits per heavy atom. The highest BCUT2D eigenvalue weighted by molar-refractivity contribution is 7.13. The molecule has 0 radical (unpaired) electrons. The van der Waals surface area contributed by atoms with Crippen molar-refractivity contribution in [2.45, 2.75) is 30.5 Å². The average molecular weight is 450 g/mol. The highest BCUT2D eigenvalue weighted by Gasteiger charge is 2.53. The topological polar surface area (TPSA) is 99.4 Å². The Labute approximate surface area is 189 Å². The van der Waals surface area contributed by atoms with Crippen LogP contribution in [0.4, 0.5) is 5.69 Å². The quantitative estimate of drug-likeness (QED) is 0.558. The summed E-state index contributed by atoms with van der Waals surface area (Å²) in [6, 6.07) is 13.3. The number of thiophene rings is 1. The van der Waals surface area contributed by atoms with Gasteiger partial charge in [-0.25, -0.2) is 0 Å². The lowest BCUT2D eigenvalue weighted by atomic mass is 9.84. The summed E-state index contributed by atoms with van der Waals surface area (Å²) >= 11 is 1.61. The number of aromatic amines is 1. The minimum absolute atomic E-state index is 0.0652. The maximum atomic E-state index is 13.0. The number of amides is 2. The number of hydrogen-bond donors (Lipinski definition) is 3. The summed E-state index contributed by atoms with van der Waals surface area (Å²) in [7, 11) is 0. The number of ether oxygens (including phenoxy) is 1. The van der Waals surface area contributed by atoms with E-state index in [-0.39, 0.29) is 17.4 Å². The van der Waals surface area contributed by atoms with Crippen LogP contribution in [0.5, 0.6) is 0 Å². The van der Waals surface area contributed by atoms with Gasteiger partial charge in [-0.3, -0.25) is 14.7 Å². The first kappa shape index (κ1) is 19.5. The monoisotopic (exact) mass is 449 g/mol. The second-order valence-corrected chi connectivity index (χ2v) is 9.74. The van der Waals surface area contributed by atoms with Crippen LogP contribution in [0.1, 0.15) is 40.1 Å². The lowest BCUT2D eigenvalue weighted by Crippen LogP contribution is -2.59. The highest BCUT2D eigenvalue weighted by atomic mass is 32.1. The van der Waals surface area contributed by atoms with Crippen LogP contribution >= 0.6 is 11.3 Å². The van der Waals surface area contributed by atoms with Crippen molar-refractivity contribution < 1.29 is 14.3 Å². The van der Waals surface area contributed by atoms with E-state index in [2.05, 4.69) is 20.8 Å². The van der Waals surface area contributed by atoms with E-state index in [1.165, 1.54) is 0 Å². The van der Waals surface area contributed by atoms with Crippen LogP contribution in [0.15, 0.2) is 47.8 Å². The minimum atomic E-state index is -0.602. The van der Waals surface area contributed by atoms with Gasteiger partial charge in [0.05, 0.1) is 28.3 Å². The molecule has 2 fully saturated rings. The third-order valence-electron chi connectivity index (χ3n) is 6.69. The third-order valence-corrected chi connectivity index (χ3v) is 7.60. The molecule has 0 aliphatic carbocycles. The minimum Gasteiger partial charge on any atom is -0.370 e. The van der Waals surface area contributed by atoms with Crippen molar-refractivity contribution in [2.24, 2.45) is 0 Å². The zero-order valence-electron chi connectivity index (χ0n) is 17.4. The Kier molecular flexibility index (Phi) is 4.38. The zero-order valence-corrected chi connectivity index (χ0v) is 18.2. The maximum Gasteiger partial charge on any atom is 0.274 e. The van der Waals surface area contributed by atoms with E-state index in [4.69, 9.17) is 4.74 Å². The van der Waals surface area contributed by atoms with Gasteiger partial charge in [-0.1, -0.05) is 18.2 Å². The lowest BCUT2D eigenvalue weighted by molar-refractivity contribution is -0.0394. The molecule has 6 rings (SSSR count). The third kappa shape index (κ3) is 3.20. The van der Waals surface area contributed by atoms with Crippen LogP contribution < -0.4 is 10.6 Å². The predicted molar refractivity (Wildman–Crippen MR) is 121 cm³/mol. The van der Waals surface area contributed by atoms with Crippen LogP contribution in [0.2, 0.25) is 0 Å². The molecule has 2 aromatic heterocycles. The molecule has 3 aliphatic heterocycles. The first-order valence-corrected chi connectivity index (χ1v) is 11.7. The van der Waals surface area contributed by atoms with E-state index in [1.807, 2.05) is 52.7 Å². The molecule has 0 unspecified atom stereocenters. The van der Waals surface area contributed by atoms with Crippen LogP contribution in [0, 0.1) is 0 Å². The molecule has 1 aromatic carbocycles. The molecule has 0 bridgehead atoms. The van der Waals surface area contributed by atoms with Gasteiger partial charge in [0.25, 0.3) is 11.8 Å². The van der Waals surface area contributed by atoms with Crippen molar-refractivity contribution in [3.05, 3.63) is 59.1 Å². The van der Waals surface area contributed by atoms with Crippen molar-refractivity contribution in [1.29, 1.82) is 0 Å². The van der Waals surface area contributed by atoms with E-state index in [0.29, 0.717) is 37.4 Å². The van der Waals surface area contributed by atoms with Crippen molar-refractivity contribution >= 4 is 28.8 Å². The number of para-hydroxylation sites is 1. The number of carbonyl (C=O) groups is 2. The van der Waals surface area contributed by atoms with Gasteiger partial charge in [-0.05, 0) is 42.5 Å². The molecule has 8 nitrogen and oxygen atoms in total. The number of carbonyl (C=O) groups excluding carboxylic acids is 2. The summed E-state index contributed by atoms with van der Waals surface area (Å²) < 4.78 is 6.29. The van der Waals surface area contributed by atoms with E-state index >= 15 is 0 Å². The summed E-state index contributed by atoms with van der Waals surface area (Å²) in [6.45, 7) is 1.60. The van der Waals surface area contributed by atoms with Gasteiger partial charge in [0.15, 0.2) is 5.69 Å². The standard InChI is InChI=1S/C23H23N5O3S/c29-20-15-4-1-2-5-16(15)24-23(25-20)13-22(31-14-23)7-9-28(10-8-22)21(30)18-12-17(26-27-18)19-6-3-11-32-19/h1-6,11-12,24H,7-10,13-14H2,(H,25,29)(H,26,27)/t23-/m1/s1. The molecule has 32 heavy (non-hydrogen) atoms. The molecule has 3 aromatic rings. The number of piperidine rings is 1. The van der Waals surface area contributed by atoms with Crippen LogP contribution in [0.3, 0.4) is 0 Å². The smallest absolute Gasteiger partial charge is 0.274 e. The number of likely N-dealkylation sites (tertiary alicyclic amines) is 1. The molecular formula is C23H23N5O3S. The molecule has 2 saturated heterocycles. The van der Waals surface area contributed by atoms with Crippen molar-refractivity contribution in [3.63, 3.8) is 0 Å². The number of aromatic nitrogens is 2. The van der Waals surface area contributed by atoms with Gasteiger partial charge < -0.3 is 20.3 Å². The summed E-state index contributed by atoms with van der Waals surface area (Å²) in [5.74, 6) is -0.141. The number of H-pyrrole nitrogens is 1. The molecule has 5 heterocycles. The number of rotatable bonds is 2. The Balaban J connectivity index is 1.13. The number of fused-ring (bicyclic) bond motifs is 1. The number of benzene rings is 1. The van der Waals surface area contributed by atoms with Crippen LogP contribution in [-0.2, 0) is 4.74 Å². The number of hydrogen-bond acceptors (Lipinski definition) is 6. The van der Waals surface area contributed by atoms with Crippen molar-refractivity contribution in [2.75, 3.05) is 25.0 Å². The predicted octanol–water partition coefficient (Wildman–Crippen LogP) is 3.09. The fraction of sp³-hybridized carbons (Fsp3) is 0.348. The number of nitrogens with one attached hydrogen (secondary N) is 3. The van der Waals surface area contributed by atoms with Gasteiger partial charge in [0.1, 0.15) is 5.66 Å². The molecule has 3 N–H and O–H groups in total. The second kappa shape index (κ2) is 7.18. The molecule has 9 heteroatoms. The maximum absolute atomic E-state index is 13.0. The molecule has 0 saturated carbocycles. The SMILES string of the molecule is O=C1N[C@]2(COC3(CCN(C(=O)c4cc(-c5cccs5)[nH]n4)CC3)C2)Nc2ccccc21. The molecule has 3 aliphatic rings. The first-order valence-electron chi connectivity index (χ1n) is 10.8. The van der Waals surface area contributed by atoms with E-state index in [9.17, 15) is 9.59 Å². The Morgan fingerprint density at radius 3 is 2.78 bits per heavy atom. The highest BCUT2D eigenvalue weighted by Crippen LogP contribution is 2.43. The average Bonchev–Trinajstić information content (AvgIpc) is 3.55. The summed E-state index contributed by atoms with van der Waals surface area (Å²) in [5, 5.41) is 15.8. The fourth-order valence-electron chi connectivity index (χ4n) is 5.04. The van der Waals surface area contributed by atoms with E-state index in [1.54, 1.807) is 11.3 Å². The summed E-state index contributed by atoms with van der Waals surface area (Å²) in [4.78, 5) is 28.5. The normalized spacial score (nSPS) is 23.8. The van der Waals surface area contributed by atoms with Gasteiger partial charge in [0, 0.05) is 25.2 Å². The second-order valence-electron chi connectivity index (χ2n) is 8.79. The van der Waals surface area contributed by atoms with Gasteiger partial charge in [0.2, 0.25) is 0 Å². The van der Waals surface area contributed by atoms with Crippen molar-refractivity contribution in [3.8, 4) is 10.6 Å². The Bertz CT molecular complexity index is 1180. The largest absolute Gasteiger partial charge is 0.370 e. The van der Waals surface area contributed by atoms with Gasteiger partial charge in [-0.15, -0.1) is 11.3 Å². The van der Waals surface area contributed by atoms with Crippen molar-refractivity contribution in [1.82, 2.24) is 20.4 Å². The molecule has 164 valence electrons. The Morgan fingerprint density at radius 1 is 1.12 bits per heavy atom. The van der Waals surface area contributed by atoms with E-state index in [0.717, 1.165) is 29.1 Å². The van der Waals surface area contributed by atoms with E-state index < -0.39 is 5.66 Å². The molecule has 2 spiro atoms. The van der Waals surface area contributed by atoms with Crippen LogP contribution in [-0.4, -0.2) is 57.9 Å². The lowest BCUT2D eigenvalue weighted by Gasteiger charge is -2.40. The van der Waals surface area contributed by atoms with Crippen LogP contribution in [0.25, 0.3) is 10.6 Å². The van der Waals surface area contributed by atoms with Gasteiger partial charge >= 0.3 is 0 Å². The Hall–Kier alpha value is -3.17. The summed E-state index contributed by atoms with van der Waals surface area (Å²) in [6.07, 6.45) is 2.12. The summed E-state index contributed by atoms with van der Waals surface area (Å²) in [5.41, 5.74) is 1.83.